The summed E-state index contributed by atoms with van der Waals surface area (Å²) in [5, 5.41) is 18.2. The summed E-state index contributed by atoms with van der Waals surface area (Å²) in [5.41, 5.74) is 4.61. The summed E-state index contributed by atoms with van der Waals surface area (Å²) in [6, 6.07) is 7.44. The number of hydrogen-bond donors (Lipinski definition) is 2. The molecule has 1 amide bonds. The Morgan fingerprint density at radius 2 is 2.21 bits per heavy atom. The van der Waals surface area contributed by atoms with E-state index in [-0.39, 0.29) is 5.91 Å². The summed E-state index contributed by atoms with van der Waals surface area (Å²) in [7, 11) is 0. The van der Waals surface area contributed by atoms with E-state index in [4.69, 9.17) is 0 Å². The van der Waals surface area contributed by atoms with Crippen LogP contribution in [0.1, 0.15) is 58.2 Å². The Balaban J connectivity index is 1.49. The zero-order valence-corrected chi connectivity index (χ0v) is 16.4. The van der Waals surface area contributed by atoms with Crippen LogP contribution in [0.5, 0.6) is 0 Å². The van der Waals surface area contributed by atoms with Crippen LogP contribution in [0, 0.1) is 5.92 Å². The molecule has 0 aliphatic heterocycles. The first kappa shape index (κ1) is 18.1. The van der Waals surface area contributed by atoms with Crippen molar-refractivity contribution in [3.8, 4) is 0 Å². The van der Waals surface area contributed by atoms with Gasteiger partial charge in [-0.15, -0.1) is 0 Å². The molecule has 6 nitrogen and oxygen atoms in total. The van der Waals surface area contributed by atoms with E-state index in [2.05, 4.69) is 22.0 Å². The lowest BCUT2D eigenvalue weighted by Gasteiger charge is -2.17. The fourth-order valence-electron chi connectivity index (χ4n) is 4.78. The van der Waals surface area contributed by atoms with Crippen molar-refractivity contribution in [2.45, 2.75) is 44.2 Å². The summed E-state index contributed by atoms with van der Waals surface area (Å²) in [6.07, 6.45) is 7.16. The number of allylic oxidation sites excluding steroid dienone is 2. The quantitative estimate of drug-likeness (QED) is 0.624. The molecule has 6 heteroatoms. The first-order chi connectivity index (χ1) is 14.1. The second-order valence-corrected chi connectivity index (χ2v) is 8.03. The normalized spacial score (nSPS) is 26.9. The van der Waals surface area contributed by atoms with E-state index in [1.54, 1.807) is 17.0 Å². The predicted molar refractivity (Wildman–Crippen MR) is 111 cm³/mol. The van der Waals surface area contributed by atoms with Crippen molar-refractivity contribution >= 4 is 11.7 Å². The minimum Gasteiger partial charge on any atom is -0.390 e. The lowest BCUT2D eigenvalue weighted by atomic mass is 10.1. The number of amides is 1. The molecule has 2 N–H and O–H groups in total. The number of nitrogens with zero attached hydrogens (tertiary/aromatic N) is 3. The van der Waals surface area contributed by atoms with Gasteiger partial charge in [0, 0.05) is 24.1 Å². The van der Waals surface area contributed by atoms with Gasteiger partial charge in [0.05, 0.1) is 17.8 Å². The highest BCUT2D eigenvalue weighted by Gasteiger charge is 2.50. The molecule has 1 heterocycles. The third-order valence-corrected chi connectivity index (χ3v) is 6.22. The zero-order valence-electron chi connectivity index (χ0n) is 16.4. The van der Waals surface area contributed by atoms with E-state index in [1.807, 2.05) is 37.3 Å². The van der Waals surface area contributed by atoms with Crippen LogP contribution in [-0.2, 0) is 12.8 Å². The molecule has 2 aromatic rings. The molecule has 1 saturated carbocycles. The van der Waals surface area contributed by atoms with Crippen LogP contribution in [0.4, 0.5) is 0 Å². The standard InChI is InChI=1S/C23H24N4O2/c1-3-9-24-19(4-2)27-22-16-10-14(16)11-17(22)21(26-27)23(29)25-20-15-8-6-5-7-13(15)12-18(20)28/h3-9,14,16,18,20,28H,2,10-12H2,1H3,(H,25,29)/b9-3-,24-19?/t14-,16-,18+,20-/m0/s1. The maximum absolute atomic E-state index is 13.2. The van der Waals surface area contributed by atoms with Crippen LogP contribution >= 0.6 is 0 Å². The highest BCUT2D eigenvalue weighted by molar-refractivity contribution is 5.99. The van der Waals surface area contributed by atoms with E-state index in [0.717, 1.165) is 35.2 Å². The minimum absolute atomic E-state index is 0.239. The number of aliphatic hydroxyl groups excluding tert-OH is 1. The smallest absolute Gasteiger partial charge is 0.272 e. The van der Waals surface area contributed by atoms with Crippen LogP contribution in [0.3, 0.4) is 0 Å². The van der Waals surface area contributed by atoms with Gasteiger partial charge in [0.1, 0.15) is 0 Å². The third-order valence-electron chi connectivity index (χ3n) is 6.22. The zero-order chi connectivity index (χ0) is 20.1. The monoisotopic (exact) mass is 388 g/mol. The lowest BCUT2D eigenvalue weighted by Crippen LogP contribution is -2.34. The molecule has 1 aromatic carbocycles. The summed E-state index contributed by atoms with van der Waals surface area (Å²) >= 11 is 0. The van der Waals surface area contributed by atoms with Gasteiger partial charge in [0.15, 0.2) is 11.5 Å². The van der Waals surface area contributed by atoms with Gasteiger partial charge < -0.3 is 10.4 Å². The van der Waals surface area contributed by atoms with Crippen LogP contribution in [-0.4, -0.2) is 32.7 Å². The maximum atomic E-state index is 13.2. The number of carbonyl (C=O) groups excluding carboxylic acids is 1. The molecule has 5 rings (SSSR count). The number of carbonyl (C=O) groups is 1. The van der Waals surface area contributed by atoms with Crippen molar-refractivity contribution in [1.29, 1.82) is 0 Å². The topological polar surface area (TPSA) is 79.5 Å². The Labute approximate surface area is 169 Å². The number of aromatic nitrogens is 2. The fourth-order valence-corrected chi connectivity index (χ4v) is 4.78. The van der Waals surface area contributed by atoms with Crippen molar-refractivity contribution in [2.24, 2.45) is 10.9 Å². The second kappa shape index (κ2) is 6.81. The minimum atomic E-state index is -0.625. The molecular formula is C23H24N4O2. The molecule has 1 fully saturated rings. The van der Waals surface area contributed by atoms with Crippen LogP contribution in [0.2, 0.25) is 0 Å². The van der Waals surface area contributed by atoms with Crippen LogP contribution < -0.4 is 5.32 Å². The molecular weight excluding hydrogens is 364 g/mol. The van der Waals surface area contributed by atoms with Crippen molar-refractivity contribution in [1.82, 2.24) is 15.1 Å². The number of nitrogens with one attached hydrogen (secondary N) is 1. The Morgan fingerprint density at radius 1 is 1.38 bits per heavy atom. The SMILES string of the molecule is C=CC(=N/C=C\C)n1nc(C(=O)N[C@H]2c3ccccc3C[C@H]2O)c2c1[C@H]1C[C@H]1C2. The largest absolute Gasteiger partial charge is 0.390 e. The third kappa shape index (κ3) is 2.86. The van der Waals surface area contributed by atoms with Gasteiger partial charge in [-0.1, -0.05) is 36.9 Å². The van der Waals surface area contributed by atoms with Gasteiger partial charge in [-0.25, -0.2) is 9.67 Å². The molecule has 4 atom stereocenters. The van der Waals surface area contributed by atoms with Crippen molar-refractivity contribution in [3.05, 3.63) is 77.3 Å². The Hall–Kier alpha value is -2.99. The molecule has 0 unspecified atom stereocenters. The van der Waals surface area contributed by atoms with Gasteiger partial charge in [0.2, 0.25) is 0 Å². The summed E-state index contributed by atoms with van der Waals surface area (Å²) < 4.78 is 1.79. The number of aliphatic imine (C=N–C) groups is 1. The first-order valence-electron chi connectivity index (χ1n) is 10.1. The molecule has 148 valence electrons. The number of aliphatic hydroxyl groups is 1. The highest BCUT2D eigenvalue weighted by Crippen LogP contribution is 2.57. The first-order valence-corrected chi connectivity index (χ1v) is 10.1. The van der Waals surface area contributed by atoms with E-state index in [0.29, 0.717) is 29.8 Å². The van der Waals surface area contributed by atoms with Gasteiger partial charge in [-0.05, 0) is 42.9 Å². The van der Waals surface area contributed by atoms with Gasteiger partial charge in [-0.3, -0.25) is 4.79 Å². The summed E-state index contributed by atoms with van der Waals surface area (Å²) in [5.74, 6) is 1.44. The molecule has 0 radical (unpaired) electrons. The van der Waals surface area contributed by atoms with Crippen molar-refractivity contribution < 1.29 is 9.90 Å². The van der Waals surface area contributed by atoms with Gasteiger partial charge in [-0.2, -0.15) is 5.10 Å². The van der Waals surface area contributed by atoms with Gasteiger partial charge in [0.25, 0.3) is 5.91 Å². The fraction of sp³-hybridized carbons (Fsp3) is 0.348. The lowest BCUT2D eigenvalue weighted by molar-refractivity contribution is 0.0852. The molecule has 3 aliphatic carbocycles. The van der Waals surface area contributed by atoms with E-state index in [9.17, 15) is 9.90 Å². The van der Waals surface area contributed by atoms with E-state index in [1.165, 1.54) is 0 Å². The molecule has 3 aliphatic rings. The maximum Gasteiger partial charge on any atom is 0.272 e. The molecule has 0 bridgehead atoms. The average molecular weight is 388 g/mol. The van der Waals surface area contributed by atoms with Crippen molar-refractivity contribution in [3.63, 3.8) is 0 Å². The number of hydrogen-bond acceptors (Lipinski definition) is 4. The highest BCUT2D eigenvalue weighted by atomic mass is 16.3. The van der Waals surface area contributed by atoms with E-state index < -0.39 is 12.1 Å². The second-order valence-electron chi connectivity index (χ2n) is 8.03. The summed E-state index contributed by atoms with van der Waals surface area (Å²) in [6.45, 7) is 5.77. The number of fused-ring (bicyclic) bond motifs is 4. The van der Waals surface area contributed by atoms with Crippen LogP contribution in [0.25, 0.3) is 0 Å². The number of benzene rings is 1. The van der Waals surface area contributed by atoms with E-state index >= 15 is 0 Å². The van der Waals surface area contributed by atoms with Crippen LogP contribution in [0.15, 0.2) is 54.2 Å². The van der Waals surface area contributed by atoms with Gasteiger partial charge >= 0.3 is 0 Å². The summed E-state index contributed by atoms with van der Waals surface area (Å²) in [4.78, 5) is 17.6. The molecule has 0 saturated heterocycles. The molecule has 1 aromatic heterocycles. The Morgan fingerprint density at radius 3 is 3.00 bits per heavy atom. The van der Waals surface area contributed by atoms with Crippen molar-refractivity contribution in [2.75, 3.05) is 0 Å². The Bertz CT molecular complexity index is 1060. The predicted octanol–water partition coefficient (Wildman–Crippen LogP) is 2.90. The molecule has 0 spiro atoms. The Kier molecular flexibility index (Phi) is 4.24. The number of rotatable bonds is 4. The average Bonchev–Trinajstić information content (AvgIpc) is 3.07. The molecule has 29 heavy (non-hydrogen) atoms.